The third-order valence-electron chi connectivity index (χ3n) is 4.68. The number of rotatable bonds is 4. The third-order valence-corrected chi connectivity index (χ3v) is 4.93. The van der Waals surface area contributed by atoms with Crippen molar-refractivity contribution in [3.8, 4) is 0 Å². The van der Waals surface area contributed by atoms with E-state index in [1.165, 1.54) is 0 Å². The number of carbonyl (C=O) groups excluding carboxylic acids is 2. The number of para-hydroxylation sites is 1. The normalized spacial score (nSPS) is 18.6. The molecule has 0 aromatic heterocycles. The van der Waals surface area contributed by atoms with Crippen molar-refractivity contribution >= 4 is 29.1 Å². The molecule has 2 unspecified atom stereocenters. The lowest BCUT2D eigenvalue weighted by atomic mass is 9.99. The molecule has 2 N–H and O–H groups in total. The molecule has 3 aromatic carbocycles. The Bertz CT molecular complexity index is 978. The van der Waals surface area contributed by atoms with Crippen molar-refractivity contribution in [2.45, 2.75) is 12.1 Å². The van der Waals surface area contributed by atoms with Gasteiger partial charge in [-0.1, -0.05) is 60.1 Å². The molecule has 5 nitrogen and oxygen atoms in total. The van der Waals surface area contributed by atoms with Crippen LogP contribution in [0.5, 0.6) is 0 Å². The van der Waals surface area contributed by atoms with E-state index in [9.17, 15) is 9.59 Å². The molecule has 1 heterocycles. The zero-order valence-corrected chi connectivity index (χ0v) is 15.6. The van der Waals surface area contributed by atoms with Crippen molar-refractivity contribution in [2.24, 2.45) is 0 Å². The smallest absolute Gasteiger partial charge is 0.263 e. The Morgan fingerprint density at radius 2 is 1.50 bits per heavy atom. The first-order valence-electron chi connectivity index (χ1n) is 8.89. The number of nitrogens with zero attached hydrogens (tertiary/aromatic N) is 1. The van der Waals surface area contributed by atoms with Crippen LogP contribution in [0.25, 0.3) is 0 Å². The maximum atomic E-state index is 12.8. The molecule has 2 atom stereocenters. The molecular weight excluding hydrogens is 374 g/mol. The second-order valence-electron chi connectivity index (χ2n) is 6.50. The van der Waals surface area contributed by atoms with Gasteiger partial charge in [0.2, 0.25) is 0 Å². The van der Waals surface area contributed by atoms with Gasteiger partial charge in [0.1, 0.15) is 12.1 Å². The predicted molar refractivity (Wildman–Crippen MR) is 109 cm³/mol. The van der Waals surface area contributed by atoms with Crippen LogP contribution in [0.2, 0.25) is 5.02 Å². The number of anilines is 1. The van der Waals surface area contributed by atoms with Gasteiger partial charge in [-0.25, -0.2) is 0 Å². The zero-order valence-electron chi connectivity index (χ0n) is 14.9. The molecule has 6 heteroatoms. The molecule has 1 fully saturated rings. The number of nitrogens with one attached hydrogen (secondary N) is 2. The van der Waals surface area contributed by atoms with Crippen molar-refractivity contribution < 1.29 is 9.59 Å². The van der Waals surface area contributed by atoms with Gasteiger partial charge < -0.3 is 5.32 Å². The Morgan fingerprint density at radius 1 is 0.893 bits per heavy atom. The molecular formula is C22H18ClN3O2. The van der Waals surface area contributed by atoms with Crippen LogP contribution in [0.1, 0.15) is 22.0 Å². The maximum absolute atomic E-state index is 12.8. The van der Waals surface area contributed by atoms with Gasteiger partial charge >= 0.3 is 0 Å². The summed E-state index contributed by atoms with van der Waals surface area (Å²) in [4.78, 5) is 25.5. The second kappa shape index (κ2) is 7.74. The number of hydrazine groups is 1. The van der Waals surface area contributed by atoms with Crippen molar-refractivity contribution in [2.75, 3.05) is 5.01 Å². The molecule has 1 saturated heterocycles. The molecule has 1 aliphatic rings. The Morgan fingerprint density at radius 3 is 2.14 bits per heavy atom. The van der Waals surface area contributed by atoms with E-state index in [-0.39, 0.29) is 11.8 Å². The van der Waals surface area contributed by atoms with E-state index >= 15 is 0 Å². The lowest BCUT2D eigenvalue weighted by Crippen LogP contribution is -2.43. The Kier molecular flexibility index (Phi) is 5.00. The van der Waals surface area contributed by atoms with Crippen molar-refractivity contribution in [1.82, 2.24) is 10.7 Å². The molecule has 4 rings (SSSR count). The zero-order chi connectivity index (χ0) is 19.5. The van der Waals surface area contributed by atoms with Crippen LogP contribution in [0, 0.1) is 0 Å². The van der Waals surface area contributed by atoms with E-state index in [1.807, 2.05) is 48.5 Å². The first kappa shape index (κ1) is 18.1. The average Bonchev–Trinajstić information content (AvgIpc) is 3.06. The molecule has 0 radical (unpaired) electrons. The first-order chi connectivity index (χ1) is 13.6. The Labute approximate surface area is 167 Å². The van der Waals surface area contributed by atoms with Crippen LogP contribution < -0.4 is 15.8 Å². The van der Waals surface area contributed by atoms with E-state index in [1.54, 1.807) is 41.4 Å². The van der Waals surface area contributed by atoms with Gasteiger partial charge in [-0.2, -0.15) is 0 Å². The second-order valence-corrected chi connectivity index (χ2v) is 6.93. The predicted octanol–water partition coefficient (Wildman–Crippen LogP) is 3.73. The average molecular weight is 392 g/mol. The summed E-state index contributed by atoms with van der Waals surface area (Å²) in [6, 6.07) is 24.5. The molecule has 0 spiro atoms. The lowest BCUT2D eigenvalue weighted by Gasteiger charge is -2.28. The Hall–Kier alpha value is -3.31. The SMILES string of the molecule is O=C(NC1C(=O)NN(c2ccccc2)C1c1ccc(Cl)cc1)c1ccccc1. The largest absolute Gasteiger partial charge is 0.338 e. The van der Waals surface area contributed by atoms with Gasteiger partial charge in [-0.3, -0.25) is 20.0 Å². The fourth-order valence-electron chi connectivity index (χ4n) is 3.32. The van der Waals surface area contributed by atoms with Gasteiger partial charge in [0.25, 0.3) is 11.8 Å². The summed E-state index contributed by atoms with van der Waals surface area (Å²) in [5, 5.41) is 5.27. The van der Waals surface area contributed by atoms with E-state index in [0.717, 1.165) is 11.3 Å². The topological polar surface area (TPSA) is 61.4 Å². The van der Waals surface area contributed by atoms with Crippen molar-refractivity contribution in [3.05, 3.63) is 101 Å². The fourth-order valence-corrected chi connectivity index (χ4v) is 3.45. The number of hydrogen-bond acceptors (Lipinski definition) is 3. The highest BCUT2D eigenvalue weighted by Crippen LogP contribution is 2.33. The van der Waals surface area contributed by atoms with Crippen molar-refractivity contribution in [3.63, 3.8) is 0 Å². The standard InChI is InChI=1S/C22H18ClN3O2/c23-17-13-11-15(12-14-17)20-19(24-21(27)16-7-3-1-4-8-16)22(28)25-26(20)18-9-5-2-6-10-18/h1-14,19-20H,(H,24,27)(H,25,28). The van der Waals surface area contributed by atoms with Gasteiger partial charge in [-0.15, -0.1) is 0 Å². The van der Waals surface area contributed by atoms with Crippen LogP contribution in [0.3, 0.4) is 0 Å². The van der Waals surface area contributed by atoms with Crippen LogP contribution >= 0.6 is 11.6 Å². The summed E-state index contributed by atoms with van der Waals surface area (Å²) in [6.07, 6.45) is 0. The monoisotopic (exact) mass is 391 g/mol. The minimum Gasteiger partial charge on any atom is -0.338 e. The summed E-state index contributed by atoms with van der Waals surface area (Å²) in [7, 11) is 0. The number of carbonyl (C=O) groups is 2. The van der Waals surface area contributed by atoms with Crippen LogP contribution in [-0.4, -0.2) is 17.9 Å². The van der Waals surface area contributed by atoms with Gasteiger partial charge in [0, 0.05) is 10.6 Å². The summed E-state index contributed by atoms with van der Waals surface area (Å²) < 4.78 is 0. The van der Waals surface area contributed by atoms with Crippen LogP contribution in [-0.2, 0) is 4.79 Å². The van der Waals surface area contributed by atoms with E-state index in [2.05, 4.69) is 10.7 Å². The van der Waals surface area contributed by atoms with E-state index < -0.39 is 12.1 Å². The molecule has 1 aliphatic heterocycles. The first-order valence-corrected chi connectivity index (χ1v) is 9.27. The molecule has 0 bridgehead atoms. The molecule has 28 heavy (non-hydrogen) atoms. The molecule has 3 aromatic rings. The summed E-state index contributed by atoms with van der Waals surface area (Å²) >= 11 is 6.04. The summed E-state index contributed by atoms with van der Waals surface area (Å²) in [5.41, 5.74) is 5.08. The quantitative estimate of drug-likeness (QED) is 0.712. The lowest BCUT2D eigenvalue weighted by molar-refractivity contribution is -0.120. The minimum absolute atomic E-state index is 0.270. The van der Waals surface area contributed by atoms with Gasteiger partial charge in [0.15, 0.2) is 0 Å². The number of amides is 2. The molecule has 140 valence electrons. The summed E-state index contributed by atoms with van der Waals surface area (Å²) in [5.74, 6) is -0.567. The van der Waals surface area contributed by atoms with Crippen LogP contribution in [0.15, 0.2) is 84.9 Å². The summed E-state index contributed by atoms with van der Waals surface area (Å²) in [6.45, 7) is 0. The molecule has 0 aliphatic carbocycles. The molecule has 2 amide bonds. The fraction of sp³-hybridized carbons (Fsp3) is 0.0909. The number of hydrogen-bond donors (Lipinski definition) is 2. The number of benzene rings is 3. The molecule has 0 saturated carbocycles. The maximum Gasteiger partial charge on any atom is 0.263 e. The Balaban J connectivity index is 1.70. The minimum atomic E-state index is -0.755. The highest BCUT2D eigenvalue weighted by molar-refractivity contribution is 6.30. The highest BCUT2D eigenvalue weighted by atomic mass is 35.5. The van der Waals surface area contributed by atoms with E-state index in [0.29, 0.717) is 10.6 Å². The highest BCUT2D eigenvalue weighted by Gasteiger charge is 2.43. The van der Waals surface area contributed by atoms with Crippen molar-refractivity contribution in [1.29, 1.82) is 0 Å². The third kappa shape index (κ3) is 3.57. The number of halogens is 1. The van der Waals surface area contributed by atoms with Crippen LogP contribution in [0.4, 0.5) is 5.69 Å². The van der Waals surface area contributed by atoms with Gasteiger partial charge in [-0.05, 0) is 42.0 Å². The van der Waals surface area contributed by atoms with Gasteiger partial charge in [0.05, 0.1) is 5.69 Å². The van der Waals surface area contributed by atoms with E-state index in [4.69, 9.17) is 11.6 Å².